The molecule has 0 saturated carbocycles. The molecule has 106 valence electrons. The van der Waals surface area contributed by atoms with Crippen LogP contribution in [0.25, 0.3) is 0 Å². The predicted molar refractivity (Wildman–Crippen MR) is 64.4 cm³/mol. The fraction of sp³-hybridized carbons (Fsp3) is 1.00. The second kappa shape index (κ2) is 7.20. The van der Waals surface area contributed by atoms with Crippen molar-refractivity contribution in [2.24, 2.45) is 0 Å². The van der Waals surface area contributed by atoms with Crippen molar-refractivity contribution < 1.29 is 27.2 Å². The van der Waals surface area contributed by atoms with Gasteiger partial charge in [0.05, 0.1) is 37.3 Å². The summed E-state index contributed by atoms with van der Waals surface area (Å²) >= 11 is 5.18. The van der Waals surface area contributed by atoms with E-state index in [4.69, 9.17) is 30.4 Å². The van der Waals surface area contributed by atoms with Crippen molar-refractivity contribution in [3.63, 3.8) is 0 Å². The largest absolute Gasteiger partial charge is 0.491 e. The summed E-state index contributed by atoms with van der Waals surface area (Å²) in [6.07, 6.45) is 3.61. The molecule has 0 aromatic heterocycles. The Hall–Kier alpha value is 0.320. The number of phosphoric ester groups is 1. The van der Waals surface area contributed by atoms with Gasteiger partial charge in [0.15, 0.2) is 0 Å². The number of hydrogen-bond acceptors (Lipinski definition) is 6. The zero-order valence-electron chi connectivity index (χ0n) is 10.1. The molecule has 0 spiro atoms. The number of hydrogen-bond donors (Lipinski definition) is 0. The van der Waals surface area contributed by atoms with E-state index in [1.54, 1.807) is 0 Å². The summed E-state index contributed by atoms with van der Waals surface area (Å²) in [6, 6.07) is 0. The lowest BCUT2D eigenvalue weighted by atomic mass is 10.2. The summed E-state index contributed by atoms with van der Waals surface area (Å²) in [5, 5.41) is 0. The van der Waals surface area contributed by atoms with Crippen molar-refractivity contribution in [2.45, 2.75) is 37.9 Å². The predicted octanol–water partition coefficient (Wildman–Crippen LogP) is 2.66. The van der Waals surface area contributed by atoms with Crippen LogP contribution in [-0.4, -0.2) is 38.6 Å². The van der Waals surface area contributed by atoms with Gasteiger partial charge in [0.2, 0.25) is 0 Å². The van der Waals surface area contributed by atoms with Gasteiger partial charge in [-0.15, -0.1) is 0 Å². The Morgan fingerprint density at radius 2 is 1.56 bits per heavy atom. The maximum absolute atomic E-state index is 12.0. The van der Waals surface area contributed by atoms with Gasteiger partial charge in [-0.1, -0.05) is 0 Å². The molecule has 8 heteroatoms. The highest BCUT2D eigenvalue weighted by atomic mass is 35.5. The van der Waals surface area contributed by atoms with E-state index < -0.39 is 7.82 Å². The molecule has 2 atom stereocenters. The van der Waals surface area contributed by atoms with Gasteiger partial charge in [0.25, 0.3) is 0 Å². The Kier molecular flexibility index (Phi) is 5.89. The van der Waals surface area contributed by atoms with Crippen LogP contribution in [0.15, 0.2) is 0 Å². The Balaban J connectivity index is 1.71. The second-order valence-corrected chi connectivity index (χ2v) is 6.34. The van der Waals surface area contributed by atoms with Gasteiger partial charge in [-0.2, -0.15) is 4.08 Å². The Morgan fingerprint density at radius 3 is 1.89 bits per heavy atom. The molecule has 0 aromatic rings. The van der Waals surface area contributed by atoms with E-state index in [2.05, 4.69) is 4.08 Å². The highest BCUT2D eigenvalue weighted by Gasteiger charge is 2.31. The van der Waals surface area contributed by atoms with E-state index in [0.29, 0.717) is 13.2 Å². The maximum atomic E-state index is 12.0. The van der Waals surface area contributed by atoms with Crippen LogP contribution in [0.2, 0.25) is 0 Å². The lowest BCUT2D eigenvalue weighted by Gasteiger charge is -2.18. The first-order chi connectivity index (χ1) is 8.72. The molecule has 2 fully saturated rings. The van der Waals surface area contributed by atoms with E-state index in [1.165, 1.54) is 0 Å². The van der Waals surface area contributed by atoms with Crippen molar-refractivity contribution >= 4 is 19.7 Å². The second-order valence-electron chi connectivity index (χ2n) is 4.38. The molecule has 2 rings (SSSR count). The Morgan fingerprint density at radius 1 is 1.06 bits per heavy atom. The van der Waals surface area contributed by atoms with Crippen LogP contribution < -0.4 is 0 Å². The van der Waals surface area contributed by atoms with Crippen LogP contribution in [0.1, 0.15) is 25.7 Å². The third-order valence-corrected chi connectivity index (χ3v) is 4.58. The molecule has 18 heavy (non-hydrogen) atoms. The summed E-state index contributed by atoms with van der Waals surface area (Å²) in [6.45, 7) is 1.73. The quantitative estimate of drug-likeness (QED) is 0.674. The zero-order valence-corrected chi connectivity index (χ0v) is 11.7. The number of rotatable bonds is 7. The minimum absolute atomic E-state index is 0.0588. The van der Waals surface area contributed by atoms with Crippen molar-refractivity contribution in [1.29, 1.82) is 0 Å². The average Bonchev–Trinajstić information content (AvgIpc) is 3.06. The molecule has 0 bridgehead atoms. The zero-order chi connectivity index (χ0) is 12.8. The summed E-state index contributed by atoms with van der Waals surface area (Å²) in [7, 11) is -3.70. The van der Waals surface area contributed by atoms with Crippen LogP contribution in [0.4, 0.5) is 0 Å². The van der Waals surface area contributed by atoms with Gasteiger partial charge in [-0.3, -0.25) is 9.05 Å². The normalized spacial score (nSPS) is 31.6. The summed E-state index contributed by atoms with van der Waals surface area (Å²) in [5.41, 5.74) is 0. The summed E-state index contributed by atoms with van der Waals surface area (Å²) in [4.78, 5) is 0. The van der Waals surface area contributed by atoms with Gasteiger partial charge in [0.1, 0.15) is 0 Å². The molecule has 0 N–H and O–H groups in total. The van der Waals surface area contributed by atoms with E-state index in [1.807, 2.05) is 0 Å². The maximum Gasteiger partial charge on any atom is 0.491 e. The third-order valence-electron chi connectivity index (χ3n) is 2.97. The van der Waals surface area contributed by atoms with E-state index in [-0.39, 0.29) is 25.4 Å². The molecule has 0 radical (unpaired) electrons. The van der Waals surface area contributed by atoms with E-state index >= 15 is 0 Å². The fourth-order valence-corrected chi connectivity index (χ4v) is 3.07. The molecule has 0 aliphatic carbocycles. The molecular weight excluding hydrogens is 283 g/mol. The van der Waals surface area contributed by atoms with Crippen LogP contribution in [0, 0.1) is 0 Å². The van der Waals surface area contributed by atoms with Gasteiger partial charge in [-0.25, -0.2) is 4.57 Å². The average molecular weight is 301 g/mol. The molecule has 2 aliphatic heterocycles. The van der Waals surface area contributed by atoms with Crippen LogP contribution in [0.5, 0.6) is 0 Å². The number of ether oxygens (including phenoxy) is 2. The molecule has 6 nitrogen and oxygen atoms in total. The van der Waals surface area contributed by atoms with Gasteiger partial charge >= 0.3 is 7.82 Å². The van der Waals surface area contributed by atoms with Gasteiger partial charge in [0, 0.05) is 13.2 Å². The SMILES string of the molecule is O=P(OCl)(OCC1CCCO1)OCC1CCCO1. The standard InChI is InChI=1S/C10H18ClO6P/c11-17-18(12,15-7-9-3-1-5-13-9)16-8-10-4-2-6-14-10/h9-10H,1-8H2. The molecular formula is C10H18ClO6P. The first-order valence-electron chi connectivity index (χ1n) is 6.14. The molecule has 2 unspecified atom stereocenters. The van der Waals surface area contributed by atoms with Crippen LogP contribution >= 0.6 is 19.7 Å². The van der Waals surface area contributed by atoms with Crippen molar-refractivity contribution in [3.05, 3.63) is 0 Å². The molecule has 0 amide bonds. The number of phosphoric acid groups is 1. The minimum atomic E-state index is -3.70. The van der Waals surface area contributed by atoms with Gasteiger partial charge in [-0.05, 0) is 25.7 Å². The highest BCUT2D eigenvalue weighted by Crippen LogP contribution is 2.51. The van der Waals surface area contributed by atoms with Crippen molar-refractivity contribution in [2.75, 3.05) is 26.4 Å². The topological polar surface area (TPSA) is 63.2 Å². The summed E-state index contributed by atoms with van der Waals surface area (Å²) in [5.74, 6) is 0. The van der Waals surface area contributed by atoms with E-state index in [0.717, 1.165) is 25.7 Å². The summed E-state index contributed by atoms with van der Waals surface area (Å²) < 4.78 is 37.2. The van der Waals surface area contributed by atoms with Crippen molar-refractivity contribution in [1.82, 2.24) is 0 Å². The molecule has 2 saturated heterocycles. The van der Waals surface area contributed by atoms with Gasteiger partial charge < -0.3 is 9.47 Å². The lowest BCUT2D eigenvalue weighted by Crippen LogP contribution is -2.17. The van der Waals surface area contributed by atoms with E-state index in [9.17, 15) is 4.57 Å². The monoisotopic (exact) mass is 300 g/mol. The molecule has 0 aromatic carbocycles. The number of halogens is 1. The Bertz CT molecular complexity index is 266. The smallest absolute Gasteiger partial charge is 0.376 e. The highest BCUT2D eigenvalue weighted by molar-refractivity contribution is 7.49. The molecule has 2 heterocycles. The lowest BCUT2D eigenvalue weighted by molar-refractivity contribution is 0.0300. The first-order valence-corrected chi connectivity index (χ1v) is 7.91. The Labute approximate surface area is 112 Å². The first kappa shape index (κ1) is 14.7. The van der Waals surface area contributed by atoms with Crippen LogP contribution in [-0.2, 0) is 27.2 Å². The fourth-order valence-electron chi connectivity index (χ4n) is 1.98. The van der Waals surface area contributed by atoms with Crippen molar-refractivity contribution in [3.8, 4) is 0 Å². The van der Waals surface area contributed by atoms with Crippen LogP contribution in [0.3, 0.4) is 0 Å². The minimum Gasteiger partial charge on any atom is -0.376 e. The third kappa shape index (κ3) is 4.46. The molecule has 2 aliphatic rings.